The summed E-state index contributed by atoms with van der Waals surface area (Å²) in [6.07, 6.45) is 3.52. The lowest BCUT2D eigenvalue weighted by molar-refractivity contribution is 0.483. The molecule has 20 heavy (non-hydrogen) atoms. The smallest absolute Gasteiger partial charge is 0.282 e. The normalized spacial score (nSPS) is 12.6. The standard InChI is InChI=1S/C15H26O3SSi/c1-4-11-20(12-5-2,13-6-3)15-9-7-14(8-10-15)19(16,17)18/h7-10H,4-6,11-13H2,1-3H3,(H,16,17,18). The van der Waals surface area contributed by atoms with Crippen LogP contribution in [0.2, 0.25) is 18.1 Å². The van der Waals surface area contributed by atoms with E-state index in [1.165, 1.54) is 42.6 Å². The molecule has 0 saturated carbocycles. The molecule has 0 amide bonds. The Morgan fingerprint density at radius 1 is 0.900 bits per heavy atom. The van der Waals surface area contributed by atoms with Crippen molar-refractivity contribution in [3.63, 3.8) is 0 Å². The van der Waals surface area contributed by atoms with E-state index in [9.17, 15) is 8.42 Å². The van der Waals surface area contributed by atoms with Gasteiger partial charge in [0.1, 0.15) is 0 Å². The van der Waals surface area contributed by atoms with Crippen molar-refractivity contribution in [2.24, 2.45) is 0 Å². The molecular weight excluding hydrogens is 288 g/mol. The molecule has 0 fully saturated rings. The molecule has 0 unspecified atom stereocenters. The molecule has 0 bridgehead atoms. The van der Waals surface area contributed by atoms with Gasteiger partial charge in [-0.15, -0.1) is 0 Å². The molecule has 5 heteroatoms. The largest absolute Gasteiger partial charge is 0.294 e. The van der Waals surface area contributed by atoms with Crippen molar-refractivity contribution in [1.82, 2.24) is 0 Å². The summed E-state index contributed by atoms with van der Waals surface area (Å²) in [7, 11) is -5.62. The Morgan fingerprint density at radius 3 is 1.60 bits per heavy atom. The van der Waals surface area contributed by atoms with E-state index >= 15 is 0 Å². The maximum Gasteiger partial charge on any atom is 0.294 e. The summed E-state index contributed by atoms with van der Waals surface area (Å²) in [5, 5.41) is 1.33. The quantitative estimate of drug-likeness (QED) is 0.586. The van der Waals surface area contributed by atoms with Crippen molar-refractivity contribution in [2.75, 3.05) is 0 Å². The van der Waals surface area contributed by atoms with Crippen LogP contribution in [0.15, 0.2) is 29.2 Å². The van der Waals surface area contributed by atoms with Crippen molar-refractivity contribution in [1.29, 1.82) is 0 Å². The van der Waals surface area contributed by atoms with E-state index in [1.807, 2.05) is 12.1 Å². The first-order chi connectivity index (χ1) is 9.39. The molecule has 1 aromatic carbocycles. The molecule has 1 aromatic rings. The third kappa shape index (κ3) is 4.17. The summed E-state index contributed by atoms with van der Waals surface area (Å²) in [4.78, 5) is -0.00588. The van der Waals surface area contributed by atoms with E-state index < -0.39 is 18.2 Å². The summed E-state index contributed by atoms with van der Waals surface area (Å²) in [6, 6.07) is 10.7. The second-order valence-electron chi connectivity index (χ2n) is 5.53. The molecule has 114 valence electrons. The predicted molar refractivity (Wildman–Crippen MR) is 86.9 cm³/mol. The SMILES string of the molecule is CCC[Si](CCC)(CCC)c1ccc(S(=O)(=O)O)cc1. The average Bonchev–Trinajstić information content (AvgIpc) is 2.38. The topological polar surface area (TPSA) is 54.4 Å². The molecular formula is C15H26O3SSi. The minimum atomic E-state index is -4.09. The van der Waals surface area contributed by atoms with Crippen LogP contribution in [-0.4, -0.2) is 21.0 Å². The van der Waals surface area contributed by atoms with Gasteiger partial charge in [-0.3, -0.25) is 4.55 Å². The molecule has 0 atom stereocenters. The molecule has 0 heterocycles. The molecule has 1 rings (SSSR count). The van der Waals surface area contributed by atoms with Crippen molar-refractivity contribution < 1.29 is 13.0 Å². The van der Waals surface area contributed by atoms with Crippen LogP contribution in [0.5, 0.6) is 0 Å². The zero-order valence-electron chi connectivity index (χ0n) is 12.7. The van der Waals surface area contributed by atoms with E-state index in [0.717, 1.165) is 0 Å². The monoisotopic (exact) mass is 314 g/mol. The number of rotatable bonds is 8. The minimum Gasteiger partial charge on any atom is -0.282 e. The van der Waals surface area contributed by atoms with Crippen LogP contribution in [0.3, 0.4) is 0 Å². The molecule has 1 N–H and O–H groups in total. The Bertz CT molecular complexity index is 491. The Morgan fingerprint density at radius 2 is 1.30 bits per heavy atom. The average molecular weight is 315 g/mol. The third-order valence-corrected chi connectivity index (χ3v) is 10.7. The van der Waals surface area contributed by atoms with Gasteiger partial charge in [-0.25, -0.2) is 0 Å². The van der Waals surface area contributed by atoms with Gasteiger partial charge in [0.25, 0.3) is 10.1 Å². The fraction of sp³-hybridized carbons (Fsp3) is 0.600. The summed E-state index contributed by atoms with van der Waals surface area (Å²) >= 11 is 0. The van der Waals surface area contributed by atoms with Gasteiger partial charge in [0, 0.05) is 0 Å². The van der Waals surface area contributed by atoms with Crippen LogP contribution >= 0.6 is 0 Å². The van der Waals surface area contributed by atoms with E-state index in [0.29, 0.717) is 0 Å². The van der Waals surface area contributed by atoms with Gasteiger partial charge in [-0.1, -0.05) is 75.5 Å². The predicted octanol–water partition coefficient (Wildman–Crippen LogP) is 3.82. The number of benzene rings is 1. The van der Waals surface area contributed by atoms with Crippen molar-refractivity contribution in [3.05, 3.63) is 24.3 Å². The van der Waals surface area contributed by atoms with Crippen molar-refractivity contribution in [2.45, 2.75) is 63.1 Å². The van der Waals surface area contributed by atoms with Gasteiger partial charge in [0.05, 0.1) is 13.0 Å². The first kappa shape index (κ1) is 17.4. The Kier molecular flexibility index (Phi) is 6.42. The first-order valence-corrected chi connectivity index (χ1v) is 11.5. The Hall–Kier alpha value is -0.653. The second-order valence-corrected chi connectivity index (χ2v) is 11.6. The zero-order chi connectivity index (χ0) is 15.2. The highest BCUT2D eigenvalue weighted by Crippen LogP contribution is 2.26. The summed E-state index contributed by atoms with van der Waals surface area (Å²) in [5.41, 5.74) is 0. The van der Waals surface area contributed by atoms with Gasteiger partial charge in [-0.2, -0.15) is 8.42 Å². The van der Waals surface area contributed by atoms with E-state index in [-0.39, 0.29) is 4.90 Å². The molecule has 0 radical (unpaired) electrons. The lowest BCUT2D eigenvalue weighted by Gasteiger charge is -2.32. The fourth-order valence-corrected chi connectivity index (χ4v) is 9.07. The van der Waals surface area contributed by atoms with Crippen LogP contribution in [-0.2, 0) is 10.1 Å². The highest BCUT2D eigenvalue weighted by atomic mass is 32.2. The van der Waals surface area contributed by atoms with Crippen LogP contribution in [0.1, 0.15) is 40.0 Å². The van der Waals surface area contributed by atoms with Crippen molar-refractivity contribution >= 4 is 23.4 Å². The summed E-state index contributed by atoms with van der Waals surface area (Å²) in [6.45, 7) is 6.67. The summed E-state index contributed by atoms with van der Waals surface area (Å²) in [5.74, 6) is 0. The highest BCUT2D eigenvalue weighted by molar-refractivity contribution is 7.85. The lowest BCUT2D eigenvalue weighted by Crippen LogP contribution is -2.47. The molecule has 0 aliphatic heterocycles. The van der Waals surface area contributed by atoms with Crippen LogP contribution in [0, 0.1) is 0 Å². The van der Waals surface area contributed by atoms with Crippen LogP contribution in [0.25, 0.3) is 0 Å². The lowest BCUT2D eigenvalue weighted by atomic mass is 10.4. The molecule has 0 saturated heterocycles. The highest BCUT2D eigenvalue weighted by Gasteiger charge is 2.32. The van der Waals surface area contributed by atoms with Gasteiger partial charge < -0.3 is 0 Å². The molecule has 0 aliphatic rings. The second kappa shape index (κ2) is 7.38. The third-order valence-electron chi connectivity index (χ3n) is 3.95. The Labute approximate surface area is 124 Å². The minimum absolute atomic E-state index is 0.00588. The zero-order valence-corrected chi connectivity index (χ0v) is 14.5. The van der Waals surface area contributed by atoms with Gasteiger partial charge in [0.2, 0.25) is 0 Å². The van der Waals surface area contributed by atoms with Gasteiger partial charge >= 0.3 is 0 Å². The number of hydrogen-bond donors (Lipinski definition) is 1. The Balaban J connectivity index is 3.19. The van der Waals surface area contributed by atoms with Crippen LogP contribution in [0.4, 0.5) is 0 Å². The van der Waals surface area contributed by atoms with E-state index in [4.69, 9.17) is 4.55 Å². The fourth-order valence-electron chi connectivity index (χ4n) is 3.22. The maximum absolute atomic E-state index is 11.1. The van der Waals surface area contributed by atoms with Gasteiger partial charge in [0.15, 0.2) is 0 Å². The molecule has 0 spiro atoms. The molecule has 0 aromatic heterocycles. The van der Waals surface area contributed by atoms with Gasteiger partial charge in [-0.05, 0) is 12.1 Å². The first-order valence-electron chi connectivity index (χ1n) is 7.47. The van der Waals surface area contributed by atoms with E-state index in [2.05, 4.69) is 20.8 Å². The molecule has 3 nitrogen and oxygen atoms in total. The van der Waals surface area contributed by atoms with Crippen molar-refractivity contribution in [3.8, 4) is 0 Å². The molecule has 0 aliphatic carbocycles. The summed E-state index contributed by atoms with van der Waals surface area (Å²) < 4.78 is 31.4. The van der Waals surface area contributed by atoms with E-state index in [1.54, 1.807) is 12.1 Å². The number of hydrogen-bond acceptors (Lipinski definition) is 2. The van der Waals surface area contributed by atoms with Crippen LogP contribution < -0.4 is 5.19 Å². The maximum atomic E-state index is 11.1.